The Hall–Kier alpha value is -3.41. The molecule has 6 nitrogen and oxygen atoms in total. The molecular weight excluding hydrogens is 368 g/mol. The number of benzene rings is 2. The van der Waals surface area contributed by atoms with E-state index in [9.17, 15) is 9.59 Å². The smallest absolute Gasteiger partial charge is 0.344 e. The Labute approximate surface area is 169 Å². The quantitative estimate of drug-likeness (QED) is 0.615. The van der Waals surface area contributed by atoms with Crippen LogP contribution >= 0.6 is 0 Å². The fourth-order valence-electron chi connectivity index (χ4n) is 3.06. The van der Waals surface area contributed by atoms with Crippen LogP contribution in [0.15, 0.2) is 53.1 Å². The van der Waals surface area contributed by atoms with Crippen LogP contribution in [0.25, 0.3) is 0 Å². The third-order valence-electron chi connectivity index (χ3n) is 4.69. The average molecular weight is 392 g/mol. The number of nitrogens with one attached hydrogen (secondary N) is 1. The lowest BCUT2D eigenvalue weighted by Crippen LogP contribution is -2.26. The molecule has 1 N–H and O–H groups in total. The zero-order chi connectivity index (χ0) is 21.0. The van der Waals surface area contributed by atoms with Gasteiger partial charge in [0.2, 0.25) is 6.10 Å². The van der Waals surface area contributed by atoms with E-state index in [0.717, 1.165) is 11.1 Å². The molecule has 0 aliphatic carbocycles. The van der Waals surface area contributed by atoms with Crippen LogP contribution in [0.2, 0.25) is 0 Å². The summed E-state index contributed by atoms with van der Waals surface area (Å²) in [7, 11) is 0. The second-order valence-electron chi connectivity index (χ2n) is 6.92. The Morgan fingerprint density at radius 2 is 1.83 bits per heavy atom. The summed E-state index contributed by atoms with van der Waals surface area (Å²) in [6.45, 7) is 7.38. The van der Waals surface area contributed by atoms with Gasteiger partial charge in [-0.15, -0.1) is 0 Å². The predicted octanol–water partition coefficient (Wildman–Crippen LogP) is 4.70. The summed E-state index contributed by atoms with van der Waals surface area (Å²) >= 11 is 0. The second kappa shape index (κ2) is 8.73. The maximum Gasteiger partial charge on any atom is 0.344 e. The maximum atomic E-state index is 13.1. The lowest BCUT2D eigenvalue weighted by molar-refractivity contribution is -0.125. The van der Waals surface area contributed by atoms with Gasteiger partial charge in [0, 0.05) is 11.3 Å². The molecule has 2 aromatic carbocycles. The Bertz CT molecular complexity index is 1020. The van der Waals surface area contributed by atoms with E-state index in [1.807, 2.05) is 45.0 Å². The van der Waals surface area contributed by atoms with Gasteiger partial charge in [0.15, 0.2) is 0 Å². The minimum absolute atomic E-state index is 0.271. The number of anilines is 1. The van der Waals surface area contributed by atoms with Crippen molar-refractivity contribution >= 4 is 17.6 Å². The number of amides is 1. The molecule has 0 bridgehead atoms. The fourth-order valence-corrected chi connectivity index (χ4v) is 3.06. The summed E-state index contributed by atoms with van der Waals surface area (Å²) in [4.78, 5) is 26.0. The minimum atomic E-state index is -1.11. The molecule has 1 atom stereocenters. The summed E-state index contributed by atoms with van der Waals surface area (Å²) in [6, 6.07) is 14.7. The van der Waals surface area contributed by atoms with Crippen molar-refractivity contribution in [1.29, 1.82) is 0 Å². The van der Waals surface area contributed by atoms with E-state index in [1.165, 1.54) is 0 Å². The van der Waals surface area contributed by atoms with Gasteiger partial charge in [-0.1, -0.05) is 54.5 Å². The van der Waals surface area contributed by atoms with Crippen LogP contribution in [0.1, 0.15) is 51.5 Å². The van der Waals surface area contributed by atoms with Gasteiger partial charge in [-0.05, 0) is 44.4 Å². The molecule has 0 unspecified atom stereocenters. The Balaban J connectivity index is 1.91. The number of aryl methyl sites for hydroxylation is 4. The highest BCUT2D eigenvalue weighted by molar-refractivity contribution is 5.99. The van der Waals surface area contributed by atoms with E-state index in [-0.39, 0.29) is 5.56 Å². The summed E-state index contributed by atoms with van der Waals surface area (Å²) in [5.41, 5.74) is 3.98. The maximum absolute atomic E-state index is 13.1. The molecule has 0 aliphatic heterocycles. The molecule has 0 radical (unpaired) electrons. The molecule has 0 spiro atoms. The molecule has 29 heavy (non-hydrogen) atoms. The van der Waals surface area contributed by atoms with Crippen LogP contribution < -0.4 is 5.32 Å². The number of hydrogen-bond acceptors (Lipinski definition) is 5. The van der Waals surface area contributed by atoms with E-state index in [0.29, 0.717) is 29.1 Å². The van der Waals surface area contributed by atoms with Crippen molar-refractivity contribution in [3.63, 3.8) is 0 Å². The third kappa shape index (κ3) is 4.54. The van der Waals surface area contributed by atoms with Crippen LogP contribution in [-0.2, 0) is 16.0 Å². The van der Waals surface area contributed by atoms with E-state index in [4.69, 9.17) is 9.26 Å². The summed E-state index contributed by atoms with van der Waals surface area (Å²) in [6.07, 6.45) is -0.588. The van der Waals surface area contributed by atoms with Crippen molar-refractivity contribution in [3.05, 3.63) is 82.2 Å². The largest absolute Gasteiger partial charge is 0.444 e. The van der Waals surface area contributed by atoms with Gasteiger partial charge in [-0.25, -0.2) is 4.79 Å². The Kier molecular flexibility index (Phi) is 6.12. The molecule has 3 rings (SSSR count). The van der Waals surface area contributed by atoms with Gasteiger partial charge in [0.05, 0.1) is 5.69 Å². The first kappa shape index (κ1) is 20.3. The van der Waals surface area contributed by atoms with E-state index in [2.05, 4.69) is 10.5 Å². The van der Waals surface area contributed by atoms with Crippen molar-refractivity contribution in [2.75, 3.05) is 5.32 Å². The Morgan fingerprint density at radius 1 is 1.10 bits per heavy atom. The lowest BCUT2D eigenvalue weighted by atomic mass is 10.1. The van der Waals surface area contributed by atoms with Crippen molar-refractivity contribution < 1.29 is 18.8 Å². The van der Waals surface area contributed by atoms with Crippen LogP contribution in [-0.4, -0.2) is 17.0 Å². The molecule has 1 amide bonds. The van der Waals surface area contributed by atoms with Crippen LogP contribution in [0.3, 0.4) is 0 Å². The number of hydrogen-bond donors (Lipinski definition) is 1. The average Bonchev–Trinajstić information content (AvgIpc) is 3.10. The first-order valence-corrected chi connectivity index (χ1v) is 9.50. The molecular formula is C23H24N2O4. The molecule has 0 fully saturated rings. The van der Waals surface area contributed by atoms with Crippen molar-refractivity contribution in [3.8, 4) is 0 Å². The molecule has 1 aromatic heterocycles. The number of ether oxygens (including phenoxy) is 1. The molecule has 0 saturated carbocycles. The normalized spacial score (nSPS) is 11.7. The molecule has 6 heteroatoms. The number of rotatable bonds is 6. The molecule has 150 valence electrons. The number of carbonyl (C=O) groups excluding carboxylic acids is 2. The van der Waals surface area contributed by atoms with Crippen molar-refractivity contribution in [2.24, 2.45) is 0 Å². The summed E-state index contributed by atoms with van der Waals surface area (Å²) in [5.74, 6) is -0.690. The molecule has 0 aliphatic rings. The van der Waals surface area contributed by atoms with Gasteiger partial charge in [-0.2, -0.15) is 0 Å². The van der Waals surface area contributed by atoms with Gasteiger partial charge in [0.1, 0.15) is 11.3 Å². The van der Waals surface area contributed by atoms with E-state index >= 15 is 0 Å². The molecule has 0 saturated heterocycles. The number of carbonyl (C=O) groups is 2. The van der Waals surface area contributed by atoms with Crippen molar-refractivity contribution in [1.82, 2.24) is 5.16 Å². The first-order valence-electron chi connectivity index (χ1n) is 9.50. The standard InChI is InChI=1S/C23H24N2O4/c1-5-18-20(16(4)29-25-18)23(27)28-21(17-9-7-6-8-10-17)22(26)24-19-13-14(2)11-12-15(19)3/h6-13,21H,5H2,1-4H3,(H,24,26)/t21-/m1/s1. The highest BCUT2D eigenvalue weighted by Crippen LogP contribution is 2.25. The minimum Gasteiger partial charge on any atom is -0.444 e. The lowest BCUT2D eigenvalue weighted by Gasteiger charge is -2.19. The van der Waals surface area contributed by atoms with Gasteiger partial charge < -0.3 is 14.6 Å². The molecule has 3 aromatic rings. The highest BCUT2D eigenvalue weighted by Gasteiger charge is 2.29. The fraction of sp³-hybridized carbons (Fsp3) is 0.261. The van der Waals surface area contributed by atoms with Crippen LogP contribution in [0.5, 0.6) is 0 Å². The predicted molar refractivity (Wildman–Crippen MR) is 110 cm³/mol. The first-order chi connectivity index (χ1) is 13.9. The monoisotopic (exact) mass is 392 g/mol. The highest BCUT2D eigenvalue weighted by atomic mass is 16.6. The topological polar surface area (TPSA) is 81.4 Å². The zero-order valence-electron chi connectivity index (χ0n) is 17.0. The number of nitrogens with zero attached hydrogens (tertiary/aromatic N) is 1. The van der Waals surface area contributed by atoms with Gasteiger partial charge in [0.25, 0.3) is 5.91 Å². The van der Waals surface area contributed by atoms with Crippen molar-refractivity contribution in [2.45, 2.75) is 40.2 Å². The van der Waals surface area contributed by atoms with E-state index in [1.54, 1.807) is 31.2 Å². The van der Waals surface area contributed by atoms with Gasteiger partial charge >= 0.3 is 5.97 Å². The van der Waals surface area contributed by atoms with E-state index < -0.39 is 18.0 Å². The third-order valence-corrected chi connectivity index (χ3v) is 4.69. The molecule has 1 heterocycles. The number of esters is 1. The summed E-state index contributed by atoms with van der Waals surface area (Å²) < 4.78 is 10.8. The van der Waals surface area contributed by atoms with Gasteiger partial charge in [-0.3, -0.25) is 4.79 Å². The second-order valence-corrected chi connectivity index (χ2v) is 6.92. The summed E-state index contributed by atoms with van der Waals surface area (Å²) in [5, 5.41) is 6.78. The van der Waals surface area contributed by atoms with Crippen LogP contribution in [0.4, 0.5) is 5.69 Å². The number of aromatic nitrogens is 1. The SMILES string of the molecule is CCc1noc(C)c1C(=O)O[C@@H](C(=O)Nc1cc(C)ccc1C)c1ccccc1. The van der Waals surface area contributed by atoms with Crippen LogP contribution in [0, 0.1) is 20.8 Å². The Morgan fingerprint density at radius 3 is 2.52 bits per heavy atom. The zero-order valence-corrected chi connectivity index (χ0v) is 17.0.